The maximum Gasteiger partial charge on any atom is 0.322 e. The summed E-state index contributed by atoms with van der Waals surface area (Å²) >= 11 is 3.41. The normalized spacial score (nSPS) is 12.6. The van der Waals surface area contributed by atoms with Crippen LogP contribution < -0.4 is 5.73 Å². The second kappa shape index (κ2) is 4.89. The molecule has 0 aliphatic heterocycles. The summed E-state index contributed by atoms with van der Waals surface area (Å²) in [5.41, 5.74) is 7.78. The van der Waals surface area contributed by atoms with Gasteiger partial charge >= 0.3 is 5.97 Å². The zero-order chi connectivity index (χ0) is 12.4. The van der Waals surface area contributed by atoms with Gasteiger partial charge in [0.1, 0.15) is 6.04 Å². The fourth-order valence-electron chi connectivity index (χ4n) is 1.80. The van der Waals surface area contributed by atoms with E-state index in [2.05, 4.69) is 25.7 Å². The number of aromatic nitrogens is 1. The molecule has 2 aromatic rings. The van der Waals surface area contributed by atoms with Crippen LogP contribution in [0.2, 0.25) is 0 Å². The Bertz CT molecular complexity index is 550. The first-order chi connectivity index (χ1) is 8.11. The minimum absolute atomic E-state index is 0.392. The highest BCUT2D eigenvalue weighted by atomic mass is 79.9. The van der Waals surface area contributed by atoms with Gasteiger partial charge in [-0.1, -0.05) is 22.0 Å². The quantitative estimate of drug-likeness (QED) is 0.851. The molecule has 1 aromatic heterocycles. The second-order valence-electron chi connectivity index (χ2n) is 3.84. The average Bonchev–Trinajstić information content (AvgIpc) is 2.70. The van der Waals surface area contributed by atoms with Gasteiger partial charge in [-0.2, -0.15) is 0 Å². The number of esters is 1. The molecule has 0 amide bonds. The van der Waals surface area contributed by atoms with E-state index < -0.39 is 12.0 Å². The lowest BCUT2D eigenvalue weighted by atomic mass is 10.1. The number of fused-ring (bicyclic) bond motifs is 1. The van der Waals surface area contributed by atoms with Crippen molar-refractivity contribution in [1.29, 1.82) is 0 Å². The smallest absolute Gasteiger partial charge is 0.322 e. The van der Waals surface area contributed by atoms with Gasteiger partial charge in [-0.15, -0.1) is 0 Å². The Kier molecular flexibility index (Phi) is 3.49. The van der Waals surface area contributed by atoms with E-state index >= 15 is 0 Å². The number of H-pyrrole nitrogens is 1. The van der Waals surface area contributed by atoms with Crippen molar-refractivity contribution < 1.29 is 9.53 Å². The van der Waals surface area contributed by atoms with Crippen molar-refractivity contribution in [2.24, 2.45) is 5.73 Å². The Morgan fingerprint density at radius 3 is 3.06 bits per heavy atom. The van der Waals surface area contributed by atoms with E-state index in [9.17, 15) is 4.79 Å². The van der Waals surface area contributed by atoms with Gasteiger partial charge in [0.2, 0.25) is 0 Å². The van der Waals surface area contributed by atoms with E-state index in [1.165, 1.54) is 7.11 Å². The molecule has 0 aliphatic rings. The summed E-state index contributed by atoms with van der Waals surface area (Å²) in [5.74, 6) is -0.392. The maximum atomic E-state index is 11.3. The number of halogens is 1. The first kappa shape index (κ1) is 12.1. The van der Waals surface area contributed by atoms with Crippen LogP contribution in [-0.4, -0.2) is 24.1 Å². The van der Waals surface area contributed by atoms with Crippen LogP contribution in [0.3, 0.4) is 0 Å². The van der Waals surface area contributed by atoms with E-state index in [1.54, 1.807) is 0 Å². The van der Waals surface area contributed by atoms with Crippen LogP contribution in [0.4, 0.5) is 0 Å². The van der Waals surface area contributed by atoms with Crippen molar-refractivity contribution in [1.82, 2.24) is 4.98 Å². The Balaban J connectivity index is 2.28. The number of aromatic amines is 1. The van der Waals surface area contributed by atoms with Gasteiger partial charge in [0.05, 0.1) is 7.11 Å². The molecule has 0 saturated carbocycles. The molecular formula is C12H13BrN2O2. The van der Waals surface area contributed by atoms with Gasteiger partial charge in [-0.3, -0.25) is 4.79 Å². The van der Waals surface area contributed by atoms with Crippen LogP contribution in [0.1, 0.15) is 5.56 Å². The van der Waals surface area contributed by atoms with Crippen LogP contribution in [0.5, 0.6) is 0 Å². The van der Waals surface area contributed by atoms with Gasteiger partial charge in [0, 0.05) is 28.0 Å². The van der Waals surface area contributed by atoms with E-state index in [-0.39, 0.29) is 0 Å². The number of nitrogens with two attached hydrogens (primary N) is 1. The number of carbonyl (C=O) groups excluding carboxylic acids is 1. The van der Waals surface area contributed by atoms with Crippen LogP contribution in [0.25, 0.3) is 10.9 Å². The lowest BCUT2D eigenvalue weighted by molar-refractivity contribution is -0.142. The molecule has 90 valence electrons. The Morgan fingerprint density at radius 1 is 1.59 bits per heavy atom. The lowest BCUT2D eigenvalue weighted by Crippen LogP contribution is -2.33. The van der Waals surface area contributed by atoms with Crippen molar-refractivity contribution in [3.8, 4) is 0 Å². The monoisotopic (exact) mass is 296 g/mol. The third-order valence-corrected chi connectivity index (χ3v) is 3.17. The van der Waals surface area contributed by atoms with Crippen LogP contribution in [-0.2, 0) is 16.0 Å². The largest absolute Gasteiger partial charge is 0.468 e. The van der Waals surface area contributed by atoms with Crippen LogP contribution in [0.15, 0.2) is 28.9 Å². The zero-order valence-electron chi connectivity index (χ0n) is 9.37. The molecule has 17 heavy (non-hydrogen) atoms. The SMILES string of the molecule is COC(=O)C(N)Cc1c[nH]c2cc(Br)ccc12. The lowest BCUT2D eigenvalue weighted by Gasteiger charge is -2.07. The summed E-state index contributed by atoms with van der Waals surface area (Å²) in [7, 11) is 1.34. The van der Waals surface area contributed by atoms with E-state index in [0.717, 1.165) is 20.9 Å². The fraction of sp³-hybridized carbons (Fsp3) is 0.250. The molecular weight excluding hydrogens is 284 g/mol. The summed E-state index contributed by atoms with van der Waals surface area (Å²) in [6.07, 6.45) is 2.34. The molecule has 1 unspecified atom stereocenters. The number of carbonyl (C=O) groups is 1. The molecule has 1 atom stereocenters. The Labute approximate surface area is 107 Å². The molecule has 0 fully saturated rings. The number of methoxy groups -OCH3 is 1. The average molecular weight is 297 g/mol. The number of ether oxygens (including phenoxy) is 1. The molecule has 3 N–H and O–H groups in total. The highest BCUT2D eigenvalue weighted by Gasteiger charge is 2.16. The second-order valence-corrected chi connectivity index (χ2v) is 4.75. The molecule has 0 radical (unpaired) electrons. The van der Waals surface area contributed by atoms with E-state index in [1.807, 2.05) is 24.4 Å². The number of hydrogen-bond donors (Lipinski definition) is 2. The molecule has 2 rings (SSSR count). The van der Waals surface area contributed by atoms with E-state index in [4.69, 9.17) is 5.73 Å². The van der Waals surface area contributed by atoms with Crippen molar-refractivity contribution in [2.75, 3.05) is 7.11 Å². The molecule has 1 heterocycles. The van der Waals surface area contributed by atoms with Crippen molar-refractivity contribution >= 4 is 32.8 Å². The summed E-state index contributed by atoms with van der Waals surface area (Å²) in [4.78, 5) is 14.4. The summed E-state index contributed by atoms with van der Waals surface area (Å²) in [6, 6.07) is 5.32. The Hall–Kier alpha value is -1.33. The maximum absolute atomic E-state index is 11.3. The van der Waals surface area contributed by atoms with Gasteiger partial charge < -0.3 is 15.5 Å². The number of nitrogens with one attached hydrogen (secondary N) is 1. The predicted molar refractivity (Wildman–Crippen MR) is 69.7 cm³/mol. The first-order valence-corrected chi connectivity index (χ1v) is 6.00. The van der Waals surface area contributed by atoms with Crippen molar-refractivity contribution in [3.05, 3.63) is 34.4 Å². The van der Waals surface area contributed by atoms with Crippen LogP contribution in [0, 0.1) is 0 Å². The highest BCUT2D eigenvalue weighted by molar-refractivity contribution is 9.10. The molecule has 0 spiro atoms. The summed E-state index contributed by atoms with van der Waals surface area (Å²) in [5, 5.41) is 1.08. The van der Waals surface area contributed by atoms with Gasteiger partial charge in [0.25, 0.3) is 0 Å². The van der Waals surface area contributed by atoms with Gasteiger partial charge in [-0.25, -0.2) is 0 Å². The minimum Gasteiger partial charge on any atom is -0.468 e. The van der Waals surface area contributed by atoms with Crippen molar-refractivity contribution in [3.63, 3.8) is 0 Å². The number of rotatable bonds is 3. The molecule has 0 bridgehead atoms. The Morgan fingerprint density at radius 2 is 2.35 bits per heavy atom. The minimum atomic E-state index is -0.623. The first-order valence-electron chi connectivity index (χ1n) is 5.20. The zero-order valence-corrected chi connectivity index (χ0v) is 11.0. The van der Waals surface area contributed by atoms with E-state index in [0.29, 0.717) is 6.42 Å². The highest BCUT2D eigenvalue weighted by Crippen LogP contribution is 2.23. The topological polar surface area (TPSA) is 68.1 Å². The number of hydrogen-bond acceptors (Lipinski definition) is 3. The molecule has 4 nitrogen and oxygen atoms in total. The molecule has 1 aromatic carbocycles. The third-order valence-electron chi connectivity index (χ3n) is 2.67. The summed E-state index contributed by atoms with van der Waals surface area (Å²) < 4.78 is 5.62. The third kappa shape index (κ3) is 2.50. The molecule has 0 aliphatic carbocycles. The molecule has 0 saturated heterocycles. The van der Waals surface area contributed by atoms with Gasteiger partial charge in [-0.05, 0) is 17.7 Å². The van der Waals surface area contributed by atoms with Gasteiger partial charge in [0.15, 0.2) is 0 Å². The molecule has 5 heteroatoms. The standard InChI is InChI=1S/C12H13BrN2O2/c1-17-12(16)10(14)4-7-6-15-11-5-8(13)2-3-9(7)11/h2-3,5-6,10,15H,4,14H2,1H3. The van der Waals surface area contributed by atoms with Crippen LogP contribution >= 0.6 is 15.9 Å². The summed E-state index contributed by atoms with van der Waals surface area (Å²) in [6.45, 7) is 0. The fourth-order valence-corrected chi connectivity index (χ4v) is 2.16. The predicted octanol–water partition coefficient (Wildman–Crippen LogP) is 1.97. The number of benzene rings is 1. The van der Waals surface area contributed by atoms with Crippen molar-refractivity contribution in [2.45, 2.75) is 12.5 Å².